The van der Waals surface area contributed by atoms with E-state index in [4.69, 9.17) is 0 Å². The predicted octanol–water partition coefficient (Wildman–Crippen LogP) is -1.76. The summed E-state index contributed by atoms with van der Waals surface area (Å²) in [4.78, 5) is 103. The van der Waals surface area contributed by atoms with Crippen LogP contribution in [0.4, 0.5) is 0 Å². The van der Waals surface area contributed by atoms with E-state index in [1.165, 1.54) is 30.7 Å². The smallest absolute Gasteiger partial charge is 0.248 e. The molecule has 3 fully saturated rings. The molecule has 1 aromatic rings. The number of hydrogen-bond acceptors (Lipinski definition) is 16. The highest BCUT2D eigenvalue weighted by Gasteiger charge is 2.48. The number of carbonyl (C=O) groups is 7. The molecule has 3 aliphatic rings. The number of hydrogen-bond donors (Lipinski definition) is 13. The van der Waals surface area contributed by atoms with Gasteiger partial charge in [0.15, 0.2) is 6.23 Å². The zero-order valence-electron chi connectivity index (χ0n) is 44.5. The average molecular weight is 1060 g/mol. The van der Waals surface area contributed by atoms with Crippen molar-refractivity contribution in [1.82, 2.24) is 41.3 Å². The first-order valence-corrected chi connectivity index (χ1v) is 26.7. The van der Waals surface area contributed by atoms with Crippen LogP contribution in [0.1, 0.15) is 123 Å². The van der Waals surface area contributed by atoms with Gasteiger partial charge in [0.1, 0.15) is 48.1 Å². The summed E-state index contributed by atoms with van der Waals surface area (Å²) in [5.74, 6) is -6.15. The second kappa shape index (κ2) is 30.1. The number of benzene rings is 1. The number of aliphatic hydroxyl groups excluding tert-OH is 7. The van der Waals surface area contributed by atoms with Crippen molar-refractivity contribution in [1.29, 1.82) is 0 Å². The van der Waals surface area contributed by atoms with E-state index < -0.39 is 140 Å². The fourth-order valence-electron chi connectivity index (χ4n) is 10.00. The molecule has 0 spiro atoms. The van der Waals surface area contributed by atoms with Gasteiger partial charge in [0.25, 0.3) is 0 Å². The van der Waals surface area contributed by atoms with Gasteiger partial charge in [-0.3, -0.25) is 33.6 Å². The summed E-state index contributed by atoms with van der Waals surface area (Å²) in [6.07, 6.45) is -5.50. The Kier molecular flexibility index (Phi) is 25.1. The number of nitrogens with one attached hydrogen (secondary N) is 5. The lowest BCUT2D eigenvalue weighted by molar-refractivity contribution is -0.148. The molecule has 3 aliphatic heterocycles. The highest BCUT2D eigenvalue weighted by atomic mass is 16.3. The van der Waals surface area contributed by atoms with Crippen molar-refractivity contribution in [2.24, 2.45) is 11.8 Å². The van der Waals surface area contributed by atoms with Crippen LogP contribution in [0, 0.1) is 11.8 Å². The molecule has 3 heterocycles. The number of aliphatic hydroxyl groups is 7. The standard InChI is InChI=1S/C52H86N8O15/c1-7-29(2)24-30(3)14-12-10-8-9-11-13-15-41(68)53-35-27-40(67)48(71)57-50(73)45-38(65)21-23-59(45)52(75)44(37(64)20-22-58(5)6)56-49(72)43(39(66)25-32-16-18-33(62)19-17-32)55-47(70)36-26-34(63)28-60(36)51(74)42(31(4)61)54-46(35)69/h16-19,29-31,34-40,42-45,48,61-67,71H,7-15,20-28H2,1-6H3,(H,53,68)(H,54,69)(H,55,70)(H,56,72)(H,57,73)/t29?,30?,31-,34-,35+,36+,37-,38+,39-,40-,42?,43?,44+,45+,48-/m1/s1. The van der Waals surface area contributed by atoms with E-state index in [9.17, 15) is 74.4 Å². The number of fused-ring (bicyclic) bond motifs is 2. The molecule has 13 N–H and O–H groups in total. The van der Waals surface area contributed by atoms with E-state index in [1.807, 2.05) is 0 Å². The molecule has 3 saturated heterocycles. The van der Waals surface area contributed by atoms with Gasteiger partial charge < -0.3 is 82.1 Å². The molecule has 23 heteroatoms. The molecule has 0 saturated carbocycles. The molecule has 15 atom stereocenters. The minimum Gasteiger partial charge on any atom is -0.508 e. The summed E-state index contributed by atoms with van der Waals surface area (Å²) in [6.45, 7) is 7.28. The Labute approximate surface area is 440 Å². The summed E-state index contributed by atoms with van der Waals surface area (Å²) < 4.78 is 0. The van der Waals surface area contributed by atoms with Gasteiger partial charge in [-0.2, -0.15) is 0 Å². The van der Waals surface area contributed by atoms with Crippen LogP contribution in [0.5, 0.6) is 5.75 Å². The van der Waals surface area contributed by atoms with Gasteiger partial charge in [-0.1, -0.05) is 77.8 Å². The SMILES string of the molecule is CCC(C)CC(C)CCCCCCCCC(=O)N[C@H]1C[C@@H](O)[C@@H](O)NC(=O)[C@@H]2[C@@H](O)CCN2C(=O)[C@H]([C@H](O)CCN(C)C)NC(=O)C([C@H](O)Cc2ccc(O)cc2)NC(=O)[C@@H]2C[C@@H](O)CN2C(=O)C([C@@H](C)O)NC1=O. The molecule has 0 bridgehead atoms. The van der Waals surface area contributed by atoms with Crippen molar-refractivity contribution in [3.8, 4) is 5.75 Å². The third kappa shape index (κ3) is 18.9. The normalized spacial score (nSPS) is 28.7. The fraction of sp³-hybridized carbons (Fsp3) is 0.750. The monoisotopic (exact) mass is 1060 g/mol. The minimum atomic E-state index is -2.20. The summed E-state index contributed by atoms with van der Waals surface area (Å²) in [6, 6.07) is -5.24. The Morgan fingerprint density at radius 1 is 0.707 bits per heavy atom. The molecule has 23 nitrogen and oxygen atoms in total. The van der Waals surface area contributed by atoms with Gasteiger partial charge in [0.2, 0.25) is 41.4 Å². The Morgan fingerprint density at radius 3 is 1.96 bits per heavy atom. The molecular weight excluding hydrogens is 977 g/mol. The Morgan fingerprint density at radius 2 is 1.32 bits per heavy atom. The third-order valence-corrected chi connectivity index (χ3v) is 14.6. The maximum atomic E-state index is 14.6. The van der Waals surface area contributed by atoms with Crippen LogP contribution in [-0.2, 0) is 40.0 Å². The molecular formula is C52H86N8O15. The van der Waals surface area contributed by atoms with Crippen LogP contribution < -0.4 is 26.6 Å². The highest BCUT2D eigenvalue weighted by Crippen LogP contribution is 2.25. The van der Waals surface area contributed by atoms with E-state index in [0.717, 1.165) is 55.2 Å². The van der Waals surface area contributed by atoms with Gasteiger partial charge in [-0.05, 0) is 76.2 Å². The third-order valence-electron chi connectivity index (χ3n) is 14.6. The van der Waals surface area contributed by atoms with Gasteiger partial charge in [0.05, 0.1) is 30.5 Å². The van der Waals surface area contributed by atoms with Crippen LogP contribution in [0.25, 0.3) is 0 Å². The van der Waals surface area contributed by atoms with Crippen LogP contribution in [0.15, 0.2) is 24.3 Å². The topological polar surface area (TPSA) is 351 Å². The maximum absolute atomic E-state index is 14.6. The Bertz CT molecular complexity index is 2030. The number of nitrogens with zero attached hydrogens (tertiary/aromatic N) is 3. The molecule has 0 radical (unpaired) electrons. The zero-order valence-corrected chi connectivity index (χ0v) is 44.5. The molecule has 4 rings (SSSR count). The molecule has 4 unspecified atom stereocenters. The van der Waals surface area contributed by atoms with Gasteiger partial charge >= 0.3 is 0 Å². The fourth-order valence-corrected chi connectivity index (χ4v) is 10.00. The summed E-state index contributed by atoms with van der Waals surface area (Å²) in [5.41, 5.74) is 0.382. The second-order valence-electron chi connectivity index (χ2n) is 21.4. The number of amides is 7. The predicted molar refractivity (Wildman–Crippen MR) is 274 cm³/mol. The van der Waals surface area contributed by atoms with Crippen molar-refractivity contribution in [2.75, 3.05) is 33.7 Å². The van der Waals surface area contributed by atoms with Gasteiger partial charge in [-0.15, -0.1) is 0 Å². The quantitative estimate of drug-likeness (QED) is 0.0607. The highest BCUT2D eigenvalue weighted by molar-refractivity contribution is 5.98. The molecule has 0 aliphatic carbocycles. The minimum absolute atomic E-state index is 0.0391. The van der Waals surface area contributed by atoms with Crippen LogP contribution in [-0.4, -0.2) is 210 Å². The number of aromatic hydroxyl groups is 1. The number of phenols is 1. The lowest BCUT2D eigenvalue weighted by Gasteiger charge is -2.34. The van der Waals surface area contributed by atoms with Crippen molar-refractivity contribution >= 4 is 41.4 Å². The summed E-state index contributed by atoms with van der Waals surface area (Å²) in [7, 11) is 3.37. The molecule has 424 valence electrons. The Hall–Kier alpha value is -5.01. The lowest BCUT2D eigenvalue weighted by atomic mass is 9.91. The molecule has 0 aromatic heterocycles. The van der Waals surface area contributed by atoms with Gasteiger partial charge in [0, 0.05) is 45.3 Å². The number of rotatable bonds is 21. The van der Waals surface area contributed by atoms with E-state index in [1.54, 1.807) is 19.0 Å². The van der Waals surface area contributed by atoms with Crippen LogP contribution in [0.3, 0.4) is 0 Å². The summed E-state index contributed by atoms with van der Waals surface area (Å²) in [5, 5.41) is 101. The first-order valence-electron chi connectivity index (χ1n) is 26.7. The van der Waals surface area contributed by atoms with Crippen molar-refractivity contribution in [3.05, 3.63) is 29.8 Å². The maximum Gasteiger partial charge on any atom is 0.248 e. The Balaban J connectivity index is 1.68. The lowest BCUT2D eigenvalue weighted by Crippen LogP contribution is -2.64. The largest absolute Gasteiger partial charge is 0.508 e. The van der Waals surface area contributed by atoms with Crippen molar-refractivity contribution < 1.29 is 74.4 Å². The number of carbonyl (C=O) groups excluding carboxylic acids is 7. The van der Waals surface area contributed by atoms with E-state index in [0.29, 0.717) is 30.2 Å². The van der Waals surface area contributed by atoms with Crippen molar-refractivity contribution in [3.63, 3.8) is 0 Å². The average Bonchev–Trinajstić information content (AvgIpc) is 3.95. The molecule has 1 aromatic carbocycles. The first-order chi connectivity index (χ1) is 35.4. The number of phenolic OH excluding ortho intramolecular Hbond substituents is 1. The molecule has 7 amide bonds. The summed E-state index contributed by atoms with van der Waals surface area (Å²) >= 11 is 0. The zero-order chi connectivity index (χ0) is 55.7. The second-order valence-corrected chi connectivity index (χ2v) is 21.4. The van der Waals surface area contributed by atoms with E-state index in [2.05, 4.69) is 47.4 Å². The first kappa shape index (κ1) is 62.5. The number of unbranched alkanes of at least 4 members (excludes halogenated alkanes) is 5. The van der Waals surface area contributed by atoms with E-state index in [-0.39, 0.29) is 44.5 Å². The molecule has 75 heavy (non-hydrogen) atoms. The van der Waals surface area contributed by atoms with E-state index >= 15 is 0 Å². The van der Waals surface area contributed by atoms with Crippen LogP contribution >= 0.6 is 0 Å². The van der Waals surface area contributed by atoms with Crippen LogP contribution in [0.2, 0.25) is 0 Å². The van der Waals surface area contributed by atoms with Gasteiger partial charge in [-0.25, -0.2) is 0 Å². The van der Waals surface area contributed by atoms with Crippen molar-refractivity contribution in [2.45, 2.75) is 203 Å².